The van der Waals surface area contributed by atoms with Crippen LogP contribution in [0.5, 0.6) is 0 Å². The fourth-order valence-corrected chi connectivity index (χ4v) is 3.76. The van der Waals surface area contributed by atoms with Crippen LogP contribution in [0.25, 0.3) is 0 Å². The van der Waals surface area contributed by atoms with Gasteiger partial charge in [0, 0.05) is 25.3 Å². The van der Waals surface area contributed by atoms with E-state index in [-0.39, 0.29) is 18.4 Å². The molecule has 1 heterocycles. The molecule has 0 saturated carbocycles. The summed E-state index contributed by atoms with van der Waals surface area (Å²) in [7, 11) is 7.81. The van der Waals surface area contributed by atoms with Gasteiger partial charge in [-0.05, 0) is 35.7 Å². The van der Waals surface area contributed by atoms with Crippen molar-refractivity contribution in [3.8, 4) is 0 Å². The van der Waals surface area contributed by atoms with Crippen LogP contribution in [0.1, 0.15) is 37.3 Å². The Bertz CT molecular complexity index is 916. The SMILES string of the molecule is [B]c1cc(CNc2ccccc2NC(CCC)CC(=O)O)c2c(c1)N(C)C(=O)C2. The maximum absolute atomic E-state index is 12.1. The average Bonchev–Trinajstić information content (AvgIpc) is 2.95. The summed E-state index contributed by atoms with van der Waals surface area (Å²) in [6, 6.07) is 11.3. The number of amides is 1. The summed E-state index contributed by atoms with van der Waals surface area (Å²) in [5.41, 5.74) is 5.22. The molecule has 7 heteroatoms. The predicted molar refractivity (Wildman–Crippen MR) is 117 cm³/mol. The molecule has 0 saturated heterocycles. The highest BCUT2D eigenvalue weighted by Crippen LogP contribution is 2.31. The number of aliphatic carboxylic acids is 1. The summed E-state index contributed by atoms with van der Waals surface area (Å²) in [6.07, 6.45) is 2.12. The molecule has 0 bridgehead atoms. The second kappa shape index (κ2) is 9.03. The van der Waals surface area contributed by atoms with Crippen LogP contribution >= 0.6 is 0 Å². The topological polar surface area (TPSA) is 81.7 Å². The lowest BCUT2D eigenvalue weighted by molar-refractivity contribution is -0.137. The van der Waals surface area contributed by atoms with E-state index >= 15 is 0 Å². The van der Waals surface area contributed by atoms with E-state index in [1.165, 1.54) is 0 Å². The molecule has 1 unspecified atom stereocenters. The molecule has 2 radical (unpaired) electrons. The predicted octanol–water partition coefficient (Wildman–Crippen LogP) is 2.67. The third-order valence-corrected chi connectivity index (χ3v) is 5.22. The molecule has 1 amide bonds. The van der Waals surface area contributed by atoms with Crippen molar-refractivity contribution >= 4 is 42.2 Å². The Kier molecular flexibility index (Phi) is 6.47. The summed E-state index contributed by atoms with van der Waals surface area (Å²) in [5, 5.41) is 16.0. The Hall–Kier alpha value is -2.96. The van der Waals surface area contributed by atoms with Crippen molar-refractivity contribution in [1.82, 2.24) is 0 Å². The zero-order chi connectivity index (χ0) is 21.0. The van der Waals surface area contributed by atoms with Gasteiger partial charge in [-0.15, -0.1) is 0 Å². The van der Waals surface area contributed by atoms with E-state index in [2.05, 4.69) is 10.6 Å². The van der Waals surface area contributed by atoms with Crippen molar-refractivity contribution in [2.45, 2.75) is 45.2 Å². The Labute approximate surface area is 172 Å². The summed E-state index contributed by atoms with van der Waals surface area (Å²) >= 11 is 0. The number of anilines is 3. The highest BCUT2D eigenvalue weighted by molar-refractivity contribution is 6.33. The fraction of sp³-hybridized carbons (Fsp3) is 0.364. The van der Waals surface area contributed by atoms with E-state index in [9.17, 15) is 9.59 Å². The molecule has 29 heavy (non-hydrogen) atoms. The second-order valence-corrected chi connectivity index (χ2v) is 7.43. The highest BCUT2D eigenvalue weighted by Gasteiger charge is 2.26. The van der Waals surface area contributed by atoms with Crippen molar-refractivity contribution in [3.05, 3.63) is 47.5 Å². The van der Waals surface area contributed by atoms with Crippen LogP contribution in [0.4, 0.5) is 17.1 Å². The van der Waals surface area contributed by atoms with Crippen molar-refractivity contribution in [2.75, 3.05) is 22.6 Å². The van der Waals surface area contributed by atoms with Gasteiger partial charge in [-0.25, -0.2) is 0 Å². The first-order valence-corrected chi connectivity index (χ1v) is 9.88. The Balaban J connectivity index is 1.78. The van der Waals surface area contributed by atoms with Gasteiger partial charge >= 0.3 is 5.97 Å². The molecular formula is C22H26BN3O3. The number of carbonyl (C=O) groups is 2. The molecule has 0 aliphatic carbocycles. The fourth-order valence-electron chi connectivity index (χ4n) is 3.76. The van der Waals surface area contributed by atoms with Crippen LogP contribution < -0.4 is 21.0 Å². The maximum atomic E-state index is 12.1. The minimum Gasteiger partial charge on any atom is -0.481 e. The number of rotatable bonds is 9. The summed E-state index contributed by atoms with van der Waals surface area (Å²) < 4.78 is 0. The number of fused-ring (bicyclic) bond motifs is 1. The minimum atomic E-state index is -0.814. The van der Waals surface area contributed by atoms with E-state index < -0.39 is 5.97 Å². The van der Waals surface area contributed by atoms with Gasteiger partial charge in [-0.2, -0.15) is 0 Å². The third-order valence-electron chi connectivity index (χ3n) is 5.22. The normalized spacial score (nSPS) is 13.9. The van der Waals surface area contributed by atoms with Gasteiger partial charge in [0.15, 0.2) is 0 Å². The summed E-state index contributed by atoms with van der Waals surface area (Å²) in [6.45, 7) is 2.56. The lowest BCUT2D eigenvalue weighted by Crippen LogP contribution is -2.23. The number of hydrogen-bond donors (Lipinski definition) is 3. The molecule has 1 atom stereocenters. The monoisotopic (exact) mass is 391 g/mol. The van der Waals surface area contributed by atoms with E-state index in [4.69, 9.17) is 13.0 Å². The Morgan fingerprint density at radius 2 is 2.00 bits per heavy atom. The molecule has 2 aromatic rings. The van der Waals surface area contributed by atoms with Crippen LogP contribution in [0.3, 0.4) is 0 Å². The van der Waals surface area contributed by atoms with Crippen LogP contribution in [0.15, 0.2) is 36.4 Å². The zero-order valence-corrected chi connectivity index (χ0v) is 16.9. The van der Waals surface area contributed by atoms with Crippen LogP contribution in [-0.2, 0) is 22.6 Å². The number of hydrogen-bond acceptors (Lipinski definition) is 4. The summed E-state index contributed by atoms with van der Waals surface area (Å²) in [4.78, 5) is 24.9. The molecule has 2 aromatic carbocycles. The zero-order valence-electron chi connectivity index (χ0n) is 16.9. The van der Waals surface area contributed by atoms with Gasteiger partial charge < -0.3 is 20.6 Å². The van der Waals surface area contributed by atoms with Crippen molar-refractivity contribution in [3.63, 3.8) is 0 Å². The third kappa shape index (κ3) is 4.91. The van der Waals surface area contributed by atoms with E-state index in [0.717, 1.165) is 41.0 Å². The number of carbonyl (C=O) groups excluding carboxylic acids is 1. The number of nitrogens with zero attached hydrogens (tertiary/aromatic N) is 1. The summed E-state index contributed by atoms with van der Waals surface area (Å²) in [5.74, 6) is -0.754. The van der Waals surface area contributed by atoms with Gasteiger partial charge in [0.25, 0.3) is 0 Å². The molecule has 3 rings (SSSR count). The Morgan fingerprint density at radius 1 is 1.28 bits per heavy atom. The number of carboxylic acid groups (broad SMARTS) is 1. The molecule has 150 valence electrons. The smallest absolute Gasteiger partial charge is 0.305 e. The highest BCUT2D eigenvalue weighted by atomic mass is 16.4. The quantitative estimate of drug-likeness (QED) is 0.573. The molecule has 6 nitrogen and oxygen atoms in total. The standard InChI is InChI=1S/C22H26BN3O3/c1-3-6-16(11-22(28)29)25-19-8-5-4-7-18(19)24-13-14-9-15(23)10-20-17(14)12-21(27)26(20)2/h4-5,7-10,16,24-25H,3,6,11-13H2,1-2H3,(H,28,29). The van der Waals surface area contributed by atoms with Crippen LogP contribution in [0.2, 0.25) is 0 Å². The van der Waals surface area contributed by atoms with Crippen LogP contribution in [-0.4, -0.2) is 37.9 Å². The average molecular weight is 391 g/mol. The lowest BCUT2D eigenvalue weighted by atomic mass is 9.90. The number of likely N-dealkylation sites (N-methyl/N-ethyl adjacent to an activating group) is 1. The van der Waals surface area contributed by atoms with Crippen molar-refractivity contribution in [1.29, 1.82) is 0 Å². The number of nitrogens with one attached hydrogen (secondary N) is 2. The number of carboxylic acids is 1. The first kappa shape index (κ1) is 20.8. The van der Waals surface area contributed by atoms with Crippen molar-refractivity contribution < 1.29 is 14.7 Å². The van der Waals surface area contributed by atoms with E-state index in [0.29, 0.717) is 18.4 Å². The second-order valence-electron chi connectivity index (χ2n) is 7.43. The molecule has 3 N–H and O–H groups in total. The number of benzene rings is 2. The van der Waals surface area contributed by atoms with Gasteiger partial charge in [-0.1, -0.05) is 37.0 Å². The first-order valence-electron chi connectivity index (χ1n) is 9.88. The van der Waals surface area contributed by atoms with Gasteiger partial charge in [-0.3, -0.25) is 9.59 Å². The van der Waals surface area contributed by atoms with Gasteiger partial charge in [0.2, 0.25) is 5.91 Å². The Morgan fingerprint density at radius 3 is 2.69 bits per heavy atom. The van der Waals surface area contributed by atoms with E-state index in [1.807, 2.05) is 43.3 Å². The molecule has 0 aromatic heterocycles. The van der Waals surface area contributed by atoms with Crippen LogP contribution in [0, 0.1) is 0 Å². The van der Waals surface area contributed by atoms with E-state index in [1.54, 1.807) is 11.9 Å². The van der Waals surface area contributed by atoms with Crippen molar-refractivity contribution in [2.24, 2.45) is 0 Å². The maximum Gasteiger partial charge on any atom is 0.305 e. The molecule has 1 aliphatic rings. The molecular weight excluding hydrogens is 365 g/mol. The van der Waals surface area contributed by atoms with Gasteiger partial charge in [0.05, 0.1) is 24.2 Å². The number of para-hydroxylation sites is 2. The first-order chi connectivity index (χ1) is 13.9. The van der Waals surface area contributed by atoms with Gasteiger partial charge in [0.1, 0.15) is 7.85 Å². The molecule has 0 fully saturated rings. The molecule has 1 aliphatic heterocycles. The lowest BCUT2D eigenvalue weighted by Gasteiger charge is -2.21. The largest absolute Gasteiger partial charge is 0.481 e. The minimum absolute atomic E-state index is 0.0602. The molecule has 0 spiro atoms.